The number of hydrogen-bond donors (Lipinski definition) is 4. The highest BCUT2D eigenvalue weighted by molar-refractivity contribution is 6.31. The first-order valence-electron chi connectivity index (χ1n) is 8.56. The van der Waals surface area contributed by atoms with Gasteiger partial charge in [0.2, 0.25) is 5.91 Å². The molecule has 0 unspecified atom stereocenters. The Morgan fingerprint density at radius 1 is 0.828 bits per heavy atom. The molecule has 0 aliphatic heterocycles. The number of anilines is 1. The van der Waals surface area contributed by atoms with Gasteiger partial charge in [0.05, 0.1) is 6.54 Å². The van der Waals surface area contributed by atoms with Crippen molar-refractivity contribution in [3.63, 3.8) is 0 Å². The van der Waals surface area contributed by atoms with E-state index in [2.05, 4.69) is 10.6 Å². The van der Waals surface area contributed by atoms with E-state index in [1.807, 2.05) is 66.7 Å². The summed E-state index contributed by atoms with van der Waals surface area (Å²) in [6, 6.07) is 21.5. The summed E-state index contributed by atoms with van der Waals surface area (Å²) in [5, 5.41) is 23.7. The molecule has 0 spiro atoms. The van der Waals surface area contributed by atoms with E-state index in [0.717, 1.165) is 22.0 Å². The fraction of sp³-hybridized carbons (Fsp3) is 0.0952. The van der Waals surface area contributed by atoms with Gasteiger partial charge in [-0.1, -0.05) is 66.2 Å². The van der Waals surface area contributed by atoms with Gasteiger partial charge in [0.25, 0.3) is 0 Å². The van der Waals surface area contributed by atoms with Gasteiger partial charge in [-0.25, -0.2) is 9.59 Å². The van der Waals surface area contributed by atoms with Gasteiger partial charge in [0.1, 0.15) is 0 Å². The summed E-state index contributed by atoms with van der Waals surface area (Å²) in [6.45, 7) is 0.789. The maximum atomic E-state index is 12.1. The van der Waals surface area contributed by atoms with E-state index < -0.39 is 11.9 Å². The topological polar surface area (TPSA) is 116 Å². The van der Waals surface area contributed by atoms with E-state index in [-0.39, 0.29) is 12.5 Å². The van der Waals surface area contributed by atoms with Gasteiger partial charge >= 0.3 is 11.9 Å². The molecule has 7 nitrogen and oxygen atoms in total. The minimum Gasteiger partial charge on any atom is -0.473 e. The predicted molar refractivity (Wildman–Crippen MR) is 111 cm³/mol. The summed E-state index contributed by atoms with van der Waals surface area (Å²) >= 11 is 6.09. The number of fused-ring (bicyclic) bond motifs is 1. The first-order valence-corrected chi connectivity index (χ1v) is 8.94. The lowest BCUT2D eigenvalue weighted by Crippen LogP contribution is -2.27. The molecule has 8 heteroatoms. The standard InChI is InChI=1S/C19H17ClN2O.C2H2O4/c20-17-10-4-2-7-15(17)12-21-13-19(23)22-18-11-5-8-14-6-1-3-9-16(14)18;3-1(4)2(5)6/h1-11,21H,12-13H2,(H,22,23);(H,3,4)(H,5,6). The second kappa shape index (κ2) is 10.8. The lowest BCUT2D eigenvalue weighted by atomic mass is 10.1. The molecule has 150 valence electrons. The van der Waals surface area contributed by atoms with Crippen LogP contribution in [0.1, 0.15) is 5.56 Å². The van der Waals surface area contributed by atoms with Gasteiger partial charge in [0, 0.05) is 22.6 Å². The highest BCUT2D eigenvalue weighted by atomic mass is 35.5. The molecule has 0 aliphatic rings. The molecule has 0 aliphatic carbocycles. The van der Waals surface area contributed by atoms with Crippen LogP contribution in [0.2, 0.25) is 5.02 Å². The average Bonchev–Trinajstić information content (AvgIpc) is 2.70. The number of rotatable bonds is 5. The Morgan fingerprint density at radius 3 is 2.14 bits per heavy atom. The van der Waals surface area contributed by atoms with Crippen LogP contribution in [0.5, 0.6) is 0 Å². The third-order valence-electron chi connectivity index (χ3n) is 3.81. The molecule has 0 radical (unpaired) electrons. The van der Waals surface area contributed by atoms with E-state index in [9.17, 15) is 4.79 Å². The van der Waals surface area contributed by atoms with E-state index in [1.54, 1.807) is 0 Å². The molecule has 0 saturated heterocycles. The minimum atomic E-state index is -1.82. The molecule has 4 N–H and O–H groups in total. The highest BCUT2D eigenvalue weighted by Crippen LogP contribution is 2.22. The summed E-state index contributed by atoms with van der Waals surface area (Å²) in [4.78, 5) is 30.3. The van der Waals surface area contributed by atoms with E-state index >= 15 is 0 Å². The summed E-state index contributed by atoms with van der Waals surface area (Å²) < 4.78 is 0. The summed E-state index contributed by atoms with van der Waals surface area (Å²) in [6.07, 6.45) is 0. The van der Waals surface area contributed by atoms with Crippen molar-refractivity contribution in [3.8, 4) is 0 Å². The quantitative estimate of drug-likeness (QED) is 0.476. The van der Waals surface area contributed by atoms with Crippen LogP contribution >= 0.6 is 11.6 Å². The van der Waals surface area contributed by atoms with Crippen molar-refractivity contribution in [2.75, 3.05) is 11.9 Å². The van der Waals surface area contributed by atoms with Crippen LogP contribution in [0, 0.1) is 0 Å². The molecule has 3 rings (SSSR count). The maximum Gasteiger partial charge on any atom is 0.414 e. The van der Waals surface area contributed by atoms with Crippen molar-refractivity contribution in [3.05, 3.63) is 77.3 Å². The van der Waals surface area contributed by atoms with Crippen molar-refractivity contribution < 1.29 is 24.6 Å². The van der Waals surface area contributed by atoms with Crippen LogP contribution in [-0.2, 0) is 20.9 Å². The van der Waals surface area contributed by atoms with Crippen LogP contribution in [0.3, 0.4) is 0 Å². The van der Waals surface area contributed by atoms with Gasteiger partial charge in [0.15, 0.2) is 0 Å². The van der Waals surface area contributed by atoms with Gasteiger partial charge < -0.3 is 20.8 Å². The number of nitrogens with one attached hydrogen (secondary N) is 2. The van der Waals surface area contributed by atoms with Gasteiger partial charge in [-0.15, -0.1) is 0 Å². The van der Waals surface area contributed by atoms with Crippen molar-refractivity contribution in [2.24, 2.45) is 0 Å². The fourth-order valence-electron chi connectivity index (χ4n) is 2.48. The largest absolute Gasteiger partial charge is 0.473 e. The SMILES string of the molecule is O=C(CNCc1ccccc1Cl)Nc1cccc2ccccc12.O=C(O)C(=O)O. The molecule has 0 aromatic heterocycles. The van der Waals surface area contributed by atoms with Gasteiger partial charge in [-0.2, -0.15) is 0 Å². The molecule has 0 heterocycles. The molecule has 3 aromatic carbocycles. The van der Waals surface area contributed by atoms with Crippen molar-refractivity contribution >= 4 is 45.9 Å². The zero-order chi connectivity index (χ0) is 21.2. The summed E-state index contributed by atoms with van der Waals surface area (Å²) in [5.41, 5.74) is 1.81. The minimum absolute atomic E-state index is 0.0755. The van der Waals surface area contributed by atoms with Crippen molar-refractivity contribution in [1.82, 2.24) is 5.32 Å². The molecular formula is C21H19ClN2O5. The number of carbonyl (C=O) groups is 3. The Hall–Kier alpha value is -3.42. The van der Waals surface area contributed by atoms with Gasteiger partial charge in [-0.05, 0) is 23.1 Å². The predicted octanol–water partition coefficient (Wildman–Crippen LogP) is 3.38. The number of carboxylic acid groups (broad SMARTS) is 2. The van der Waals surface area contributed by atoms with E-state index in [0.29, 0.717) is 11.6 Å². The summed E-state index contributed by atoms with van der Waals surface area (Å²) in [7, 11) is 0. The van der Waals surface area contributed by atoms with Crippen LogP contribution in [0.15, 0.2) is 66.7 Å². The molecule has 0 bridgehead atoms. The number of hydrogen-bond acceptors (Lipinski definition) is 4. The van der Waals surface area contributed by atoms with Crippen LogP contribution < -0.4 is 10.6 Å². The zero-order valence-electron chi connectivity index (χ0n) is 15.3. The smallest absolute Gasteiger partial charge is 0.414 e. The molecular weight excluding hydrogens is 396 g/mol. The number of carbonyl (C=O) groups excluding carboxylic acids is 1. The monoisotopic (exact) mass is 414 g/mol. The molecule has 0 fully saturated rings. The molecule has 29 heavy (non-hydrogen) atoms. The number of halogens is 1. The molecule has 1 amide bonds. The molecule has 3 aromatic rings. The van der Waals surface area contributed by atoms with Crippen LogP contribution in [-0.4, -0.2) is 34.6 Å². The lowest BCUT2D eigenvalue weighted by Gasteiger charge is -2.10. The van der Waals surface area contributed by atoms with Crippen LogP contribution in [0.4, 0.5) is 5.69 Å². The Labute approximate surface area is 171 Å². The third kappa shape index (κ3) is 6.91. The molecule has 0 saturated carbocycles. The molecule has 0 atom stereocenters. The fourth-order valence-corrected chi connectivity index (χ4v) is 2.68. The van der Waals surface area contributed by atoms with E-state index in [4.69, 9.17) is 31.4 Å². The Balaban J connectivity index is 0.000000438. The zero-order valence-corrected chi connectivity index (χ0v) is 16.0. The Kier molecular flexibility index (Phi) is 8.14. The lowest BCUT2D eigenvalue weighted by molar-refractivity contribution is -0.159. The average molecular weight is 415 g/mol. The van der Waals surface area contributed by atoms with Gasteiger partial charge in [-0.3, -0.25) is 4.79 Å². The van der Waals surface area contributed by atoms with Crippen LogP contribution in [0.25, 0.3) is 10.8 Å². The summed E-state index contributed by atoms with van der Waals surface area (Å²) in [5.74, 6) is -3.72. The van der Waals surface area contributed by atoms with E-state index in [1.165, 1.54) is 0 Å². The van der Waals surface area contributed by atoms with Crippen molar-refractivity contribution in [1.29, 1.82) is 0 Å². The first kappa shape index (κ1) is 21.9. The number of aliphatic carboxylic acids is 2. The third-order valence-corrected chi connectivity index (χ3v) is 4.17. The number of carboxylic acids is 2. The second-order valence-electron chi connectivity index (χ2n) is 5.88. The Morgan fingerprint density at radius 2 is 1.45 bits per heavy atom. The van der Waals surface area contributed by atoms with Crippen molar-refractivity contribution in [2.45, 2.75) is 6.54 Å². The first-order chi connectivity index (χ1) is 13.9. The maximum absolute atomic E-state index is 12.1. The Bertz CT molecular complexity index is 1010. The normalized spacial score (nSPS) is 9.97. The second-order valence-corrected chi connectivity index (χ2v) is 6.29. The number of benzene rings is 3. The highest BCUT2D eigenvalue weighted by Gasteiger charge is 2.06. The number of amides is 1.